The predicted molar refractivity (Wildman–Crippen MR) is 112 cm³/mol. The topological polar surface area (TPSA) is 92.0 Å². The van der Waals surface area contributed by atoms with E-state index in [1.165, 1.54) is 12.8 Å². The highest BCUT2D eigenvalue weighted by Crippen LogP contribution is 2.41. The highest BCUT2D eigenvalue weighted by Gasteiger charge is 2.36. The maximum atomic E-state index is 12.7. The highest BCUT2D eigenvalue weighted by atomic mass is 35.5. The molecule has 5 rings (SSSR count). The zero-order chi connectivity index (χ0) is 20.1. The number of fused-ring (bicyclic) bond motifs is 3. The lowest BCUT2D eigenvalue weighted by atomic mass is 10.1. The summed E-state index contributed by atoms with van der Waals surface area (Å²) in [7, 11) is 1.74. The van der Waals surface area contributed by atoms with Crippen LogP contribution >= 0.6 is 11.6 Å². The Hall–Kier alpha value is -3.24. The Labute approximate surface area is 171 Å². The monoisotopic (exact) mass is 407 g/mol. The maximum Gasteiger partial charge on any atom is 0.295 e. The van der Waals surface area contributed by atoms with Gasteiger partial charge in [-0.05, 0) is 43.0 Å². The van der Waals surface area contributed by atoms with E-state index in [2.05, 4.69) is 21.7 Å². The van der Waals surface area contributed by atoms with Gasteiger partial charge in [0.1, 0.15) is 23.4 Å². The van der Waals surface area contributed by atoms with E-state index in [0.29, 0.717) is 24.0 Å². The standard InChI is InChI=1S/C21H18ClN5O2/c1-27-17-5-4-12(25-15-6-7-24-20(22)14(15)9-23)8-13(17)18-19(21(27)28)29-10-16(26-18)11-2-3-11/h4-8,11,16,26H,2-3,10H2,1H3,(H,24,25). The van der Waals surface area contributed by atoms with Crippen LogP contribution in [0.25, 0.3) is 10.9 Å². The molecule has 2 aromatic heterocycles. The molecular weight excluding hydrogens is 390 g/mol. The molecule has 1 atom stereocenters. The summed E-state index contributed by atoms with van der Waals surface area (Å²) in [6, 6.07) is 9.71. The van der Waals surface area contributed by atoms with Gasteiger partial charge >= 0.3 is 0 Å². The van der Waals surface area contributed by atoms with Gasteiger partial charge in [0.25, 0.3) is 5.56 Å². The zero-order valence-corrected chi connectivity index (χ0v) is 16.5. The summed E-state index contributed by atoms with van der Waals surface area (Å²) >= 11 is 6.04. The fourth-order valence-corrected chi connectivity index (χ4v) is 4.03. The minimum atomic E-state index is -0.150. The van der Waals surface area contributed by atoms with Crippen molar-refractivity contribution in [3.63, 3.8) is 0 Å². The Bertz CT molecular complexity index is 1240. The molecule has 1 saturated carbocycles. The van der Waals surface area contributed by atoms with Crippen molar-refractivity contribution in [3.8, 4) is 11.8 Å². The van der Waals surface area contributed by atoms with Crippen LogP contribution in [-0.4, -0.2) is 22.2 Å². The largest absolute Gasteiger partial charge is 0.484 e. The number of hydrogen-bond acceptors (Lipinski definition) is 6. The summed E-state index contributed by atoms with van der Waals surface area (Å²) in [6.45, 7) is 0.511. The molecule has 1 fully saturated rings. The second kappa shape index (κ2) is 6.68. The molecule has 0 spiro atoms. The molecule has 1 aliphatic heterocycles. The molecule has 2 N–H and O–H groups in total. The van der Waals surface area contributed by atoms with Gasteiger partial charge in [-0.25, -0.2) is 4.98 Å². The Morgan fingerprint density at radius 2 is 2.21 bits per heavy atom. The maximum absolute atomic E-state index is 12.7. The average molecular weight is 408 g/mol. The van der Waals surface area contributed by atoms with Crippen molar-refractivity contribution in [1.82, 2.24) is 9.55 Å². The van der Waals surface area contributed by atoms with Gasteiger partial charge in [0.15, 0.2) is 0 Å². The van der Waals surface area contributed by atoms with E-state index in [0.717, 1.165) is 22.3 Å². The smallest absolute Gasteiger partial charge is 0.295 e. The van der Waals surface area contributed by atoms with Gasteiger partial charge in [-0.15, -0.1) is 0 Å². The zero-order valence-electron chi connectivity index (χ0n) is 15.7. The average Bonchev–Trinajstić information content (AvgIpc) is 3.57. The minimum Gasteiger partial charge on any atom is -0.484 e. The van der Waals surface area contributed by atoms with Gasteiger partial charge in [-0.1, -0.05) is 11.6 Å². The predicted octanol–water partition coefficient (Wildman–Crippen LogP) is 3.79. The van der Waals surface area contributed by atoms with Crippen LogP contribution in [0, 0.1) is 17.2 Å². The molecule has 146 valence electrons. The lowest BCUT2D eigenvalue weighted by molar-refractivity contribution is 0.268. The Balaban J connectivity index is 1.62. The van der Waals surface area contributed by atoms with E-state index >= 15 is 0 Å². The van der Waals surface area contributed by atoms with Gasteiger partial charge in [0, 0.05) is 24.3 Å². The third kappa shape index (κ3) is 2.97. The van der Waals surface area contributed by atoms with E-state index in [4.69, 9.17) is 16.3 Å². The van der Waals surface area contributed by atoms with E-state index < -0.39 is 0 Å². The molecule has 1 aromatic carbocycles. The number of aromatic nitrogens is 2. The number of nitrogens with one attached hydrogen (secondary N) is 2. The summed E-state index contributed by atoms with van der Waals surface area (Å²) in [5, 5.41) is 17.2. The number of rotatable bonds is 3. The Morgan fingerprint density at radius 1 is 1.38 bits per heavy atom. The number of nitriles is 1. The summed E-state index contributed by atoms with van der Waals surface area (Å²) in [5.74, 6) is 0.958. The van der Waals surface area contributed by atoms with E-state index in [-0.39, 0.29) is 22.3 Å². The molecule has 0 radical (unpaired) electrons. The Kier molecular flexibility index (Phi) is 4.10. The molecule has 3 aromatic rings. The molecule has 0 bridgehead atoms. The summed E-state index contributed by atoms with van der Waals surface area (Å²) in [4.78, 5) is 16.7. The van der Waals surface area contributed by atoms with Crippen LogP contribution in [0.2, 0.25) is 5.15 Å². The van der Waals surface area contributed by atoms with E-state index in [1.807, 2.05) is 18.2 Å². The molecule has 3 heterocycles. The van der Waals surface area contributed by atoms with Crippen molar-refractivity contribution >= 4 is 39.6 Å². The first-order valence-corrected chi connectivity index (χ1v) is 9.82. The van der Waals surface area contributed by atoms with Crippen LogP contribution in [0.5, 0.6) is 5.75 Å². The van der Waals surface area contributed by atoms with Gasteiger partial charge in [-0.2, -0.15) is 5.26 Å². The van der Waals surface area contributed by atoms with Crippen LogP contribution in [0.3, 0.4) is 0 Å². The quantitative estimate of drug-likeness (QED) is 0.642. The molecule has 1 aliphatic carbocycles. The molecule has 1 unspecified atom stereocenters. The second-order valence-corrected chi connectivity index (χ2v) is 7.82. The highest BCUT2D eigenvalue weighted by molar-refractivity contribution is 6.31. The van der Waals surface area contributed by atoms with Crippen LogP contribution in [0.4, 0.5) is 17.1 Å². The number of pyridine rings is 2. The molecule has 7 nitrogen and oxygen atoms in total. The number of anilines is 3. The van der Waals surface area contributed by atoms with Crippen molar-refractivity contribution in [2.75, 3.05) is 17.2 Å². The first-order valence-electron chi connectivity index (χ1n) is 9.44. The number of benzene rings is 1. The summed E-state index contributed by atoms with van der Waals surface area (Å²) in [5.41, 5.74) is 3.02. The van der Waals surface area contributed by atoms with Crippen molar-refractivity contribution in [2.24, 2.45) is 13.0 Å². The molecule has 29 heavy (non-hydrogen) atoms. The SMILES string of the molecule is Cn1c(=O)c2c(c3cc(Nc4ccnc(Cl)c4C#N)ccc31)NC(C1CC1)CO2. The Morgan fingerprint density at radius 3 is 2.97 bits per heavy atom. The first-order chi connectivity index (χ1) is 14.1. The number of aryl methyl sites for hydroxylation is 1. The van der Waals surface area contributed by atoms with Crippen molar-refractivity contribution in [1.29, 1.82) is 5.26 Å². The van der Waals surface area contributed by atoms with Gasteiger partial charge in [0.2, 0.25) is 5.75 Å². The third-order valence-electron chi connectivity index (χ3n) is 5.58. The molecule has 0 saturated heterocycles. The lowest BCUT2D eigenvalue weighted by Gasteiger charge is -2.29. The van der Waals surface area contributed by atoms with Crippen LogP contribution in [-0.2, 0) is 7.05 Å². The third-order valence-corrected chi connectivity index (χ3v) is 5.86. The van der Waals surface area contributed by atoms with Crippen molar-refractivity contribution < 1.29 is 4.74 Å². The first kappa shape index (κ1) is 17.8. The fraction of sp³-hybridized carbons (Fsp3) is 0.286. The second-order valence-electron chi connectivity index (χ2n) is 7.46. The van der Waals surface area contributed by atoms with Crippen LogP contribution in [0.1, 0.15) is 18.4 Å². The minimum absolute atomic E-state index is 0.150. The van der Waals surface area contributed by atoms with Crippen molar-refractivity contribution in [3.05, 3.63) is 51.5 Å². The van der Waals surface area contributed by atoms with Crippen LogP contribution < -0.4 is 20.9 Å². The summed E-state index contributed by atoms with van der Waals surface area (Å²) in [6.07, 6.45) is 3.92. The van der Waals surface area contributed by atoms with Gasteiger partial charge < -0.3 is 19.9 Å². The number of hydrogen-bond donors (Lipinski definition) is 2. The van der Waals surface area contributed by atoms with E-state index in [1.54, 1.807) is 23.9 Å². The van der Waals surface area contributed by atoms with Crippen LogP contribution in [0.15, 0.2) is 35.3 Å². The normalized spacial score (nSPS) is 17.8. The lowest BCUT2D eigenvalue weighted by Crippen LogP contribution is -2.36. The van der Waals surface area contributed by atoms with Crippen molar-refractivity contribution in [2.45, 2.75) is 18.9 Å². The molecule has 8 heteroatoms. The number of halogens is 1. The molecule has 2 aliphatic rings. The summed E-state index contributed by atoms with van der Waals surface area (Å²) < 4.78 is 7.48. The molecule has 0 amide bonds. The van der Waals surface area contributed by atoms with Gasteiger partial charge in [-0.3, -0.25) is 4.79 Å². The number of nitrogens with zero attached hydrogens (tertiary/aromatic N) is 3. The van der Waals surface area contributed by atoms with E-state index in [9.17, 15) is 10.1 Å². The molecular formula is C21H18ClN5O2. The van der Waals surface area contributed by atoms with Gasteiger partial charge in [0.05, 0.1) is 22.9 Å². The fourth-order valence-electron chi connectivity index (χ4n) is 3.83. The number of ether oxygens (including phenoxy) is 1.